The highest BCUT2D eigenvalue weighted by atomic mass is 16.5. The van der Waals surface area contributed by atoms with Crippen LogP contribution in [0.15, 0.2) is 36.5 Å². The summed E-state index contributed by atoms with van der Waals surface area (Å²) in [5.41, 5.74) is 2.57. The molecule has 1 aromatic carbocycles. The zero-order chi connectivity index (χ0) is 15.4. The second-order valence-corrected chi connectivity index (χ2v) is 4.84. The van der Waals surface area contributed by atoms with Gasteiger partial charge in [-0.2, -0.15) is 10.2 Å². The van der Waals surface area contributed by atoms with E-state index in [-0.39, 0.29) is 0 Å². The second-order valence-electron chi connectivity index (χ2n) is 4.84. The number of aromatic nitrogens is 2. The molecule has 1 aliphatic rings. The van der Waals surface area contributed by atoms with Crippen LogP contribution in [0.4, 0.5) is 0 Å². The van der Waals surface area contributed by atoms with Gasteiger partial charge in [-0.3, -0.25) is 0 Å². The molecule has 0 saturated carbocycles. The van der Waals surface area contributed by atoms with Crippen molar-refractivity contribution in [2.24, 2.45) is 0 Å². The Balaban J connectivity index is 2.03. The number of para-hydroxylation sites is 1. The van der Waals surface area contributed by atoms with Crippen LogP contribution >= 0.6 is 0 Å². The predicted molar refractivity (Wildman–Crippen MR) is 82.1 cm³/mol. The van der Waals surface area contributed by atoms with Crippen molar-refractivity contribution in [3.05, 3.63) is 42.1 Å². The van der Waals surface area contributed by atoms with Gasteiger partial charge in [-0.05, 0) is 31.1 Å². The third kappa shape index (κ3) is 2.63. The third-order valence-corrected chi connectivity index (χ3v) is 3.40. The van der Waals surface area contributed by atoms with Gasteiger partial charge in [0.15, 0.2) is 0 Å². The van der Waals surface area contributed by atoms with Crippen molar-refractivity contribution in [3.63, 3.8) is 0 Å². The van der Waals surface area contributed by atoms with E-state index in [1.807, 2.05) is 30.3 Å². The number of nitriles is 1. The molecule has 2 heterocycles. The molecule has 1 aromatic heterocycles. The topological polar surface area (TPSA) is 68.0 Å². The average Bonchev–Trinajstić information content (AvgIpc) is 2.58. The first kappa shape index (κ1) is 14.1. The summed E-state index contributed by atoms with van der Waals surface area (Å²) in [4.78, 5) is 8.63. The number of methoxy groups -OCH3 is 1. The van der Waals surface area contributed by atoms with E-state index in [4.69, 9.17) is 14.7 Å². The molecule has 5 heteroatoms. The highest BCUT2D eigenvalue weighted by Gasteiger charge is 2.23. The molecule has 22 heavy (non-hydrogen) atoms. The van der Waals surface area contributed by atoms with Gasteiger partial charge in [-0.1, -0.05) is 12.1 Å². The van der Waals surface area contributed by atoms with E-state index >= 15 is 0 Å². The van der Waals surface area contributed by atoms with E-state index in [1.165, 1.54) is 0 Å². The Bertz CT molecular complexity index is 763. The van der Waals surface area contributed by atoms with E-state index in [0.717, 1.165) is 41.2 Å². The lowest BCUT2D eigenvalue weighted by molar-refractivity contribution is 0.379. The van der Waals surface area contributed by atoms with Crippen LogP contribution in [-0.2, 0) is 0 Å². The molecule has 2 aromatic rings. The maximum atomic E-state index is 8.61. The van der Waals surface area contributed by atoms with E-state index in [9.17, 15) is 0 Å². The number of hydrogen-bond donors (Lipinski definition) is 0. The minimum absolute atomic E-state index is 0.333. The fourth-order valence-electron chi connectivity index (χ4n) is 2.34. The summed E-state index contributed by atoms with van der Waals surface area (Å²) in [7, 11) is 1.55. The van der Waals surface area contributed by atoms with E-state index < -0.39 is 0 Å². The fraction of sp³-hybridized carbons (Fsp3) is 0.235. The third-order valence-electron chi connectivity index (χ3n) is 3.40. The van der Waals surface area contributed by atoms with Crippen molar-refractivity contribution >= 4 is 5.76 Å². The van der Waals surface area contributed by atoms with Crippen LogP contribution in [0.1, 0.15) is 24.8 Å². The van der Waals surface area contributed by atoms with Crippen molar-refractivity contribution in [2.75, 3.05) is 7.11 Å². The number of allylic oxidation sites excluding steroid dienone is 1. The van der Waals surface area contributed by atoms with Crippen molar-refractivity contribution in [3.8, 4) is 29.1 Å². The summed E-state index contributed by atoms with van der Waals surface area (Å²) < 4.78 is 11.1. The normalized spacial score (nSPS) is 13.7. The Morgan fingerprint density at radius 2 is 2.18 bits per heavy atom. The van der Waals surface area contributed by atoms with Gasteiger partial charge < -0.3 is 9.47 Å². The van der Waals surface area contributed by atoms with Crippen LogP contribution < -0.4 is 9.47 Å². The molecule has 0 radical (unpaired) electrons. The largest absolute Gasteiger partial charge is 0.467 e. The van der Waals surface area contributed by atoms with Gasteiger partial charge in [0, 0.05) is 18.2 Å². The SMILES string of the molecule is COc1ncc2c(n1)-c1ccccc1O/C2=C\CCCC#N. The second kappa shape index (κ2) is 6.27. The molecule has 0 amide bonds. The molecule has 0 atom stereocenters. The summed E-state index contributed by atoms with van der Waals surface area (Å²) in [5, 5.41) is 8.61. The van der Waals surface area contributed by atoms with Crippen molar-refractivity contribution in [2.45, 2.75) is 19.3 Å². The quantitative estimate of drug-likeness (QED) is 0.806. The fourth-order valence-corrected chi connectivity index (χ4v) is 2.34. The summed E-state index contributed by atoms with van der Waals surface area (Å²) in [6, 6.07) is 10.2. The Morgan fingerprint density at radius 3 is 3.00 bits per heavy atom. The Hall–Kier alpha value is -2.87. The number of hydrogen-bond acceptors (Lipinski definition) is 5. The van der Waals surface area contributed by atoms with E-state index in [0.29, 0.717) is 12.4 Å². The smallest absolute Gasteiger partial charge is 0.316 e. The zero-order valence-corrected chi connectivity index (χ0v) is 12.2. The molecular formula is C17H15N3O2. The summed E-state index contributed by atoms with van der Waals surface area (Å²) in [6.45, 7) is 0. The average molecular weight is 293 g/mol. The molecule has 0 bridgehead atoms. The monoisotopic (exact) mass is 293 g/mol. The Morgan fingerprint density at radius 1 is 1.32 bits per heavy atom. The van der Waals surface area contributed by atoms with Crippen LogP contribution in [0.25, 0.3) is 17.0 Å². The minimum Gasteiger partial charge on any atom is -0.467 e. The summed E-state index contributed by atoms with van der Waals surface area (Å²) >= 11 is 0. The number of rotatable bonds is 4. The number of ether oxygens (including phenoxy) is 2. The zero-order valence-electron chi connectivity index (χ0n) is 12.2. The first-order chi connectivity index (χ1) is 10.8. The first-order valence-electron chi connectivity index (χ1n) is 7.09. The highest BCUT2D eigenvalue weighted by molar-refractivity contribution is 5.84. The molecule has 3 rings (SSSR count). The Labute approximate surface area is 128 Å². The van der Waals surface area contributed by atoms with Crippen LogP contribution in [0.2, 0.25) is 0 Å². The van der Waals surface area contributed by atoms with Crippen LogP contribution in [0.5, 0.6) is 11.8 Å². The molecule has 0 N–H and O–H groups in total. The predicted octanol–water partition coefficient (Wildman–Crippen LogP) is 3.58. The molecule has 1 aliphatic heterocycles. The molecule has 110 valence electrons. The van der Waals surface area contributed by atoms with Crippen molar-refractivity contribution in [1.29, 1.82) is 5.26 Å². The number of nitrogens with zero attached hydrogens (tertiary/aromatic N) is 3. The molecule has 0 saturated heterocycles. The lowest BCUT2D eigenvalue weighted by atomic mass is 10.0. The van der Waals surface area contributed by atoms with Crippen molar-refractivity contribution in [1.82, 2.24) is 9.97 Å². The lowest BCUT2D eigenvalue weighted by Gasteiger charge is -2.21. The van der Waals surface area contributed by atoms with Gasteiger partial charge in [0.1, 0.15) is 11.5 Å². The minimum atomic E-state index is 0.333. The van der Waals surface area contributed by atoms with Gasteiger partial charge in [0.25, 0.3) is 0 Å². The van der Waals surface area contributed by atoms with Gasteiger partial charge in [0.05, 0.1) is 24.4 Å². The number of unbranched alkanes of at least 4 members (excludes halogenated alkanes) is 2. The molecule has 0 unspecified atom stereocenters. The Kier molecular flexibility index (Phi) is 4.01. The number of fused-ring (bicyclic) bond motifs is 3. The molecule has 5 nitrogen and oxygen atoms in total. The van der Waals surface area contributed by atoms with Gasteiger partial charge in [-0.15, -0.1) is 0 Å². The highest BCUT2D eigenvalue weighted by Crippen LogP contribution is 2.41. The number of benzene rings is 1. The van der Waals surface area contributed by atoms with Crippen LogP contribution in [0, 0.1) is 11.3 Å². The van der Waals surface area contributed by atoms with Gasteiger partial charge in [0.2, 0.25) is 0 Å². The van der Waals surface area contributed by atoms with E-state index in [1.54, 1.807) is 13.3 Å². The molecular weight excluding hydrogens is 278 g/mol. The lowest BCUT2D eigenvalue weighted by Crippen LogP contribution is -2.08. The van der Waals surface area contributed by atoms with Gasteiger partial charge in [-0.25, -0.2) is 4.98 Å². The molecule has 0 spiro atoms. The first-order valence-corrected chi connectivity index (χ1v) is 7.09. The van der Waals surface area contributed by atoms with Crippen LogP contribution in [0.3, 0.4) is 0 Å². The van der Waals surface area contributed by atoms with Gasteiger partial charge >= 0.3 is 6.01 Å². The molecule has 0 fully saturated rings. The molecule has 0 aliphatic carbocycles. The maximum absolute atomic E-state index is 8.61. The van der Waals surface area contributed by atoms with Crippen LogP contribution in [-0.4, -0.2) is 17.1 Å². The van der Waals surface area contributed by atoms with Crippen molar-refractivity contribution < 1.29 is 9.47 Å². The van der Waals surface area contributed by atoms with E-state index in [2.05, 4.69) is 16.0 Å². The summed E-state index contributed by atoms with van der Waals surface area (Å²) in [6.07, 6.45) is 5.81. The summed E-state index contributed by atoms with van der Waals surface area (Å²) in [5.74, 6) is 1.50. The maximum Gasteiger partial charge on any atom is 0.316 e. The standard InChI is InChI=1S/C17H15N3O2/c1-21-17-19-11-13-15(8-3-2-6-10-18)22-14-9-5-4-7-12(14)16(13)20-17/h4-5,7-9,11H,2-3,6H2,1H3/b15-8-.